The first-order chi connectivity index (χ1) is 11.6. The summed E-state index contributed by atoms with van der Waals surface area (Å²) in [5.41, 5.74) is 2.30. The van der Waals surface area contributed by atoms with Crippen molar-refractivity contribution in [3.63, 3.8) is 0 Å². The molecular weight excluding hydrogens is 371 g/mol. The van der Waals surface area contributed by atoms with Gasteiger partial charge in [0, 0.05) is 18.1 Å². The van der Waals surface area contributed by atoms with Crippen molar-refractivity contribution in [1.82, 2.24) is 19.6 Å². The van der Waals surface area contributed by atoms with Crippen LogP contribution in [0.15, 0.2) is 44.8 Å². The van der Waals surface area contributed by atoms with Crippen LogP contribution in [-0.2, 0) is 5.75 Å². The lowest BCUT2D eigenvalue weighted by Crippen LogP contribution is -1.82. The lowest BCUT2D eigenvalue weighted by Gasteiger charge is -1.95. The van der Waals surface area contributed by atoms with E-state index < -0.39 is 0 Å². The van der Waals surface area contributed by atoms with Crippen LogP contribution in [0.5, 0.6) is 0 Å². The molecule has 0 aromatic carbocycles. The summed E-state index contributed by atoms with van der Waals surface area (Å²) in [5.74, 6) is 1.75. The lowest BCUT2D eigenvalue weighted by molar-refractivity contribution is 0.463. The minimum Gasteiger partial charge on any atom is -0.469 e. The number of pyridine rings is 1. The van der Waals surface area contributed by atoms with E-state index in [1.54, 1.807) is 29.0 Å². The van der Waals surface area contributed by atoms with Crippen LogP contribution in [0, 0.1) is 6.92 Å². The molecule has 0 fully saturated rings. The van der Waals surface area contributed by atoms with Crippen LogP contribution in [0.2, 0.25) is 10.0 Å². The molecule has 4 rings (SSSR count). The van der Waals surface area contributed by atoms with Gasteiger partial charge in [0.1, 0.15) is 5.76 Å². The third-order valence-electron chi connectivity index (χ3n) is 3.36. The maximum absolute atomic E-state index is 6.14. The Bertz CT molecular complexity index is 1020. The fraction of sp³-hybridized carbons (Fsp3) is 0.133. The van der Waals surface area contributed by atoms with Gasteiger partial charge in [-0.1, -0.05) is 35.0 Å². The number of thioether (sulfide) groups is 1. The summed E-state index contributed by atoms with van der Waals surface area (Å²) < 4.78 is 12.7. The summed E-state index contributed by atoms with van der Waals surface area (Å²) in [6, 6.07) is 3.46. The van der Waals surface area contributed by atoms with E-state index in [2.05, 4.69) is 15.2 Å². The number of halogens is 2. The van der Waals surface area contributed by atoms with Gasteiger partial charge in [-0.15, -0.1) is 10.2 Å². The molecule has 0 amide bonds. The number of nitrogens with zero attached hydrogens (tertiary/aromatic N) is 4. The molecule has 0 aliphatic rings. The van der Waals surface area contributed by atoms with Crippen molar-refractivity contribution >= 4 is 40.6 Å². The Hall–Kier alpha value is -1.96. The molecule has 0 atom stereocenters. The van der Waals surface area contributed by atoms with Crippen LogP contribution in [0.1, 0.15) is 11.5 Å². The number of hydrogen-bond donors (Lipinski definition) is 0. The summed E-state index contributed by atoms with van der Waals surface area (Å²) in [7, 11) is 0. The Kier molecular flexibility index (Phi) is 3.99. The van der Waals surface area contributed by atoms with E-state index in [0.717, 1.165) is 17.0 Å². The van der Waals surface area contributed by atoms with E-state index in [9.17, 15) is 0 Å². The summed E-state index contributed by atoms with van der Waals surface area (Å²) in [6.07, 6.45) is 5.22. The molecule has 6 nitrogen and oxygen atoms in total. The Morgan fingerprint density at radius 1 is 1.25 bits per heavy atom. The van der Waals surface area contributed by atoms with Crippen molar-refractivity contribution in [3.8, 4) is 11.5 Å². The van der Waals surface area contributed by atoms with Gasteiger partial charge >= 0.3 is 0 Å². The SMILES string of the molecule is Cc1occc1-c1nnc(SCc2cn3cc(Cl)cc(Cl)c3n2)o1. The molecule has 4 aromatic heterocycles. The second-order valence-electron chi connectivity index (χ2n) is 5.02. The average molecular weight is 381 g/mol. The number of rotatable bonds is 4. The topological polar surface area (TPSA) is 69.4 Å². The van der Waals surface area contributed by atoms with Crippen molar-refractivity contribution in [1.29, 1.82) is 0 Å². The molecule has 24 heavy (non-hydrogen) atoms. The van der Waals surface area contributed by atoms with Gasteiger partial charge in [-0.3, -0.25) is 0 Å². The maximum atomic E-state index is 6.14. The molecule has 0 saturated carbocycles. The molecule has 0 spiro atoms. The molecule has 0 N–H and O–H groups in total. The van der Waals surface area contributed by atoms with Gasteiger partial charge in [0.15, 0.2) is 5.65 Å². The molecule has 122 valence electrons. The number of fused-ring (bicyclic) bond motifs is 1. The predicted octanol–water partition coefficient (Wildman–Crippen LogP) is 4.88. The molecule has 4 aromatic rings. The molecule has 0 aliphatic heterocycles. The average Bonchev–Trinajstić information content (AvgIpc) is 3.23. The lowest BCUT2D eigenvalue weighted by atomic mass is 10.3. The molecule has 0 saturated heterocycles. The standard InChI is InChI=1S/C15H10Cl2N4O2S/c1-8-11(2-3-22-8)14-19-20-15(23-14)24-7-10-6-21-5-9(16)4-12(17)13(21)18-10/h2-6H,7H2,1H3. The molecule has 4 heterocycles. The zero-order valence-corrected chi connectivity index (χ0v) is 14.7. The fourth-order valence-electron chi connectivity index (χ4n) is 2.26. The van der Waals surface area contributed by atoms with Gasteiger partial charge < -0.3 is 13.2 Å². The second kappa shape index (κ2) is 6.16. The molecule has 0 bridgehead atoms. The van der Waals surface area contributed by atoms with Gasteiger partial charge in [0.2, 0.25) is 0 Å². The smallest absolute Gasteiger partial charge is 0.277 e. The molecule has 0 unspecified atom stereocenters. The quantitative estimate of drug-likeness (QED) is 0.469. The van der Waals surface area contributed by atoms with E-state index in [1.165, 1.54) is 11.8 Å². The molecule has 0 radical (unpaired) electrons. The number of imidazole rings is 1. The third-order valence-corrected chi connectivity index (χ3v) is 4.70. The van der Waals surface area contributed by atoms with Gasteiger partial charge in [0.05, 0.1) is 27.6 Å². The molecule has 9 heteroatoms. The second-order valence-corrected chi connectivity index (χ2v) is 6.79. The zero-order valence-electron chi connectivity index (χ0n) is 12.4. The molecule has 0 aliphatic carbocycles. The predicted molar refractivity (Wildman–Crippen MR) is 91.5 cm³/mol. The first-order valence-electron chi connectivity index (χ1n) is 6.93. The van der Waals surface area contributed by atoms with Crippen molar-refractivity contribution in [2.45, 2.75) is 17.9 Å². The monoisotopic (exact) mass is 380 g/mol. The highest BCUT2D eigenvalue weighted by molar-refractivity contribution is 7.98. The zero-order chi connectivity index (χ0) is 16.7. The van der Waals surface area contributed by atoms with E-state index in [1.807, 2.05) is 13.1 Å². The Balaban J connectivity index is 1.52. The number of aromatic nitrogens is 4. The summed E-state index contributed by atoms with van der Waals surface area (Å²) in [6.45, 7) is 1.85. The van der Waals surface area contributed by atoms with E-state index in [-0.39, 0.29) is 0 Å². The van der Waals surface area contributed by atoms with Crippen LogP contribution in [0.3, 0.4) is 0 Å². The van der Waals surface area contributed by atoms with Crippen molar-refractivity contribution in [3.05, 3.63) is 52.3 Å². The maximum Gasteiger partial charge on any atom is 0.277 e. The number of aryl methyl sites for hydroxylation is 1. The normalized spacial score (nSPS) is 11.5. The van der Waals surface area contributed by atoms with E-state index >= 15 is 0 Å². The number of hydrogen-bond acceptors (Lipinski definition) is 6. The van der Waals surface area contributed by atoms with Crippen molar-refractivity contribution in [2.24, 2.45) is 0 Å². The van der Waals surface area contributed by atoms with Gasteiger partial charge in [-0.05, 0) is 19.1 Å². The summed E-state index contributed by atoms with van der Waals surface area (Å²) in [5, 5.41) is 9.61. The van der Waals surface area contributed by atoms with Crippen LogP contribution in [0.4, 0.5) is 0 Å². The Morgan fingerprint density at radius 2 is 2.12 bits per heavy atom. The largest absolute Gasteiger partial charge is 0.469 e. The first-order valence-corrected chi connectivity index (χ1v) is 8.68. The Morgan fingerprint density at radius 3 is 2.92 bits per heavy atom. The Labute approximate surface area is 150 Å². The van der Waals surface area contributed by atoms with Gasteiger partial charge in [0.25, 0.3) is 11.1 Å². The van der Waals surface area contributed by atoms with Crippen LogP contribution in [0.25, 0.3) is 17.1 Å². The highest BCUT2D eigenvalue weighted by Gasteiger charge is 2.14. The van der Waals surface area contributed by atoms with E-state index in [4.69, 9.17) is 32.0 Å². The van der Waals surface area contributed by atoms with Crippen LogP contribution < -0.4 is 0 Å². The van der Waals surface area contributed by atoms with E-state index in [0.29, 0.717) is 32.6 Å². The minimum absolute atomic E-state index is 0.438. The summed E-state index contributed by atoms with van der Waals surface area (Å²) >= 11 is 13.5. The third kappa shape index (κ3) is 2.90. The van der Waals surface area contributed by atoms with Crippen LogP contribution >= 0.6 is 35.0 Å². The van der Waals surface area contributed by atoms with Crippen LogP contribution in [-0.4, -0.2) is 19.6 Å². The highest BCUT2D eigenvalue weighted by Crippen LogP contribution is 2.28. The first kappa shape index (κ1) is 15.6. The van der Waals surface area contributed by atoms with Crippen molar-refractivity contribution in [2.75, 3.05) is 0 Å². The highest BCUT2D eigenvalue weighted by atomic mass is 35.5. The summed E-state index contributed by atoms with van der Waals surface area (Å²) in [4.78, 5) is 4.49. The minimum atomic E-state index is 0.438. The van der Waals surface area contributed by atoms with Gasteiger partial charge in [-0.2, -0.15) is 0 Å². The van der Waals surface area contributed by atoms with Crippen molar-refractivity contribution < 1.29 is 8.83 Å². The molecular formula is C15H10Cl2N4O2S. The fourth-order valence-corrected chi connectivity index (χ4v) is 3.44. The number of furan rings is 1. The van der Waals surface area contributed by atoms with Gasteiger partial charge in [-0.25, -0.2) is 4.98 Å².